The molecule has 1 aliphatic heterocycles. The van der Waals surface area contributed by atoms with E-state index in [1.807, 2.05) is 73.7 Å². The third-order valence-electron chi connectivity index (χ3n) is 5.31. The van der Waals surface area contributed by atoms with Gasteiger partial charge in [-0.2, -0.15) is 0 Å². The van der Waals surface area contributed by atoms with Crippen LogP contribution in [0.5, 0.6) is 11.5 Å². The van der Waals surface area contributed by atoms with Crippen LogP contribution in [0.4, 0.5) is 0 Å². The van der Waals surface area contributed by atoms with E-state index in [4.69, 9.17) is 9.47 Å². The van der Waals surface area contributed by atoms with Crippen LogP contribution >= 0.6 is 0 Å². The fourth-order valence-corrected chi connectivity index (χ4v) is 3.72. The van der Waals surface area contributed by atoms with Crippen LogP contribution in [-0.4, -0.2) is 11.5 Å². The van der Waals surface area contributed by atoms with Gasteiger partial charge in [0.05, 0.1) is 6.04 Å². The molecule has 1 amide bonds. The molecule has 154 valence electrons. The van der Waals surface area contributed by atoms with Gasteiger partial charge in [-0.25, -0.2) is 0 Å². The third kappa shape index (κ3) is 4.48. The Kier molecular flexibility index (Phi) is 5.49. The number of nitrogens with one attached hydrogen (secondary N) is 1. The predicted molar refractivity (Wildman–Crippen MR) is 118 cm³/mol. The summed E-state index contributed by atoms with van der Waals surface area (Å²) in [6, 6.07) is 23.4. The molecule has 1 atom stereocenters. The number of ether oxygens (including phenoxy) is 2. The maximum absolute atomic E-state index is 12.5. The van der Waals surface area contributed by atoms with Crippen molar-refractivity contribution in [3.05, 3.63) is 95.1 Å². The highest BCUT2D eigenvalue weighted by Gasteiger charge is 2.32. The highest BCUT2D eigenvalue weighted by atomic mass is 16.5. The molecular formula is C26H27NO3. The lowest BCUT2D eigenvalue weighted by Crippen LogP contribution is -2.26. The van der Waals surface area contributed by atoms with Gasteiger partial charge in [-0.1, -0.05) is 54.6 Å². The summed E-state index contributed by atoms with van der Waals surface area (Å²) in [5, 5.41) is 3.04. The minimum absolute atomic E-state index is 0.0499. The van der Waals surface area contributed by atoms with Crippen molar-refractivity contribution in [2.45, 2.75) is 45.4 Å². The first-order valence-corrected chi connectivity index (χ1v) is 10.3. The zero-order chi connectivity index (χ0) is 21.1. The van der Waals surface area contributed by atoms with Gasteiger partial charge in [0, 0.05) is 17.5 Å². The lowest BCUT2D eigenvalue weighted by atomic mass is 10.0. The van der Waals surface area contributed by atoms with E-state index in [1.54, 1.807) is 0 Å². The van der Waals surface area contributed by atoms with Crippen molar-refractivity contribution in [2.24, 2.45) is 0 Å². The average Bonchev–Trinajstić information content (AvgIpc) is 3.07. The summed E-state index contributed by atoms with van der Waals surface area (Å²) in [6.45, 7) is 6.57. The quantitative estimate of drug-likeness (QED) is 0.596. The maximum atomic E-state index is 12.5. The molecule has 1 aliphatic rings. The largest absolute Gasteiger partial charge is 0.485 e. The van der Waals surface area contributed by atoms with E-state index >= 15 is 0 Å². The first-order chi connectivity index (χ1) is 14.4. The van der Waals surface area contributed by atoms with Crippen LogP contribution in [-0.2, 0) is 13.0 Å². The number of hydrogen-bond acceptors (Lipinski definition) is 3. The number of hydrogen-bond donors (Lipinski definition) is 1. The fourth-order valence-electron chi connectivity index (χ4n) is 3.72. The number of para-hydroxylation sites is 1. The predicted octanol–water partition coefficient (Wildman–Crippen LogP) is 5.47. The van der Waals surface area contributed by atoms with E-state index in [0.717, 1.165) is 29.0 Å². The Morgan fingerprint density at radius 2 is 1.77 bits per heavy atom. The van der Waals surface area contributed by atoms with Gasteiger partial charge < -0.3 is 14.8 Å². The monoisotopic (exact) mass is 401 g/mol. The minimum Gasteiger partial charge on any atom is -0.485 e. The topological polar surface area (TPSA) is 47.6 Å². The summed E-state index contributed by atoms with van der Waals surface area (Å²) in [6.07, 6.45) is 0.880. The second-order valence-corrected chi connectivity index (χ2v) is 8.37. The highest BCUT2D eigenvalue weighted by Crippen LogP contribution is 2.41. The standard InChI is InChI=1S/C26H27NO3/c1-18(20-8-5-4-6-9-20)27-25(28)21-14-12-19(13-15-21)17-29-23-11-7-10-22-16-26(2,3)30-24(22)23/h4-15,18H,16-17H2,1-3H3,(H,27,28)/t18-/m0/s1. The van der Waals surface area contributed by atoms with Crippen molar-refractivity contribution >= 4 is 5.91 Å². The number of fused-ring (bicyclic) bond motifs is 1. The molecular weight excluding hydrogens is 374 g/mol. The van der Waals surface area contributed by atoms with Gasteiger partial charge >= 0.3 is 0 Å². The fraction of sp³-hybridized carbons (Fsp3) is 0.269. The molecule has 0 saturated heterocycles. The summed E-state index contributed by atoms with van der Waals surface area (Å²) in [5.41, 5.74) is 3.69. The third-order valence-corrected chi connectivity index (χ3v) is 5.31. The number of rotatable bonds is 6. The van der Waals surface area contributed by atoms with E-state index in [-0.39, 0.29) is 17.6 Å². The second-order valence-electron chi connectivity index (χ2n) is 8.37. The molecule has 0 aromatic heterocycles. The van der Waals surface area contributed by atoms with Crippen LogP contribution in [0.1, 0.15) is 53.9 Å². The van der Waals surface area contributed by atoms with Crippen LogP contribution in [0.15, 0.2) is 72.8 Å². The van der Waals surface area contributed by atoms with Crippen LogP contribution in [0.3, 0.4) is 0 Å². The first-order valence-electron chi connectivity index (χ1n) is 10.3. The Balaban J connectivity index is 1.37. The Bertz CT molecular complexity index is 1030. The Labute approximate surface area is 177 Å². The lowest BCUT2D eigenvalue weighted by molar-refractivity contribution is 0.0940. The molecule has 1 heterocycles. The molecule has 4 rings (SSSR count). The zero-order valence-corrected chi connectivity index (χ0v) is 17.6. The van der Waals surface area contributed by atoms with Crippen LogP contribution in [0.25, 0.3) is 0 Å². The lowest BCUT2D eigenvalue weighted by Gasteiger charge is -2.18. The number of benzene rings is 3. The molecule has 0 fully saturated rings. The smallest absolute Gasteiger partial charge is 0.251 e. The molecule has 1 N–H and O–H groups in total. The van der Waals surface area contributed by atoms with Gasteiger partial charge in [-0.05, 0) is 50.1 Å². The summed E-state index contributed by atoms with van der Waals surface area (Å²) >= 11 is 0. The van der Waals surface area contributed by atoms with E-state index in [0.29, 0.717) is 12.2 Å². The van der Waals surface area contributed by atoms with E-state index in [2.05, 4.69) is 25.2 Å². The van der Waals surface area contributed by atoms with Crippen molar-refractivity contribution in [3.63, 3.8) is 0 Å². The van der Waals surface area contributed by atoms with Crippen LogP contribution < -0.4 is 14.8 Å². The zero-order valence-electron chi connectivity index (χ0n) is 17.6. The Hall–Kier alpha value is -3.27. The Morgan fingerprint density at radius 3 is 2.50 bits per heavy atom. The highest BCUT2D eigenvalue weighted by molar-refractivity contribution is 5.94. The molecule has 0 unspecified atom stereocenters. The molecule has 3 aromatic rings. The van der Waals surface area contributed by atoms with E-state index in [9.17, 15) is 4.79 Å². The van der Waals surface area contributed by atoms with E-state index < -0.39 is 0 Å². The average molecular weight is 402 g/mol. The minimum atomic E-state index is -0.201. The van der Waals surface area contributed by atoms with E-state index in [1.165, 1.54) is 5.56 Å². The molecule has 30 heavy (non-hydrogen) atoms. The Morgan fingerprint density at radius 1 is 1.03 bits per heavy atom. The SMILES string of the molecule is C[C@H](NC(=O)c1ccc(COc2cccc3c2OC(C)(C)C3)cc1)c1ccccc1. The van der Waals surface area contributed by atoms with Crippen molar-refractivity contribution in [1.29, 1.82) is 0 Å². The molecule has 4 heteroatoms. The molecule has 4 nitrogen and oxygen atoms in total. The molecule has 3 aromatic carbocycles. The van der Waals surface area contributed by atoms with Gasteiger partial charge in [0.2, 0.25) is 0 Å². The molecule has 0 saturated carbocycles. The van der Waals surface area contributed by atoms with Crippen molar-refractivity contribution in [1.82, 2.24) is 5.32 Å². The van der Waals surface area contributed by atoms with Gasteiger partial charge in [0.15, 0.2) is 11.5 Å². The first kappa shape index (κ1) is 20.0. The van der Waals surface area contributed by atoms with Gasteiger partial charge in [-0.15, -0.1) is 0 Å². The van der Waals surface area contributed by atoms with Crippen molar-refractivity contribution in [3.8, 4) is 11.5 Å². The van der Waals surface area contributed by atoms with Crippen molar-refractivity contribution < 1.29 is 14.3 Å². The summed E-state index contributed by atoms with van der Waals surface area (Å²) in [5.74, 6) is 1.51. The van der Waals surface area contributed by atoms with Gasteiger partial charge in [0.1, 0.15) is 12.2 Å². The van der Waals surface area contributed by atoms with Crippen LogP contribution in [0, 0.1) is 0 Å². The normalized spacial score (nSPS) is 15.0. The second kappa shape index (κ2) is 8.23. The van der Waals surface area contributed by atoms with Gasteiger partial charge in [-0.3, -0.25) is 4.79 Å². The summed E-state index contributed by atoms with van der Waals surface area (Å²) < 4.78 is 12.1. The number of carbonyl (C=O) groups is 1. The molecule has 0 aliphatic carbocycles. The summed E-state index contributed by atoms with van der Waals surface area (Å²) in [4.78, 5) is 12.5. The van der Waals surface area contributed by atoms with Crippen LogP contribution in [0.2, 0.25) is 0 Å². The number of amides is 1. The maximum Gasteiger partial charge on any atom is 0.251 e. The molecule has 0 bridgehead atoms. The number of carbonyl (C=O) groups excluding carboxylic acids is 1. The van der Waals surface area contributed by atoms with Gasteiger partial charge in [0.25, 0.3) is 5.91 Å². The summed E-state index contributed by atoms with van der Waals surface area (Å²) in [7, 11) is 0. The molecule has 0 spiro atoms. The van der Waals surface area contributed by atoms with Crippen molar-refractivity contribution in [2.75, 3.05) is 0 Å². The molecule has 0 radical (unpaired) electrons.